The second-order valence-corrected chi connectivity index (χ2v) is 10.1. The smallest absolute Gasteiger partial charge is 0.332 e. The van der Waals surface area contributed by atoms with E-state index in [-0.39, 0.29) is 33.8 Å². The fraction of sp³-hybridized carbons (Fsp3) is 0.308. The second-order valence-electron chi connectivity index (χ2n) is 7.96. The van der Waals surface area contributed by atoms with Gasteiger partial charge in [-0.1, -0.05) is 11.3 Å². The highest BCUT2D eigenvalue weighted by Crippen LogP contribution is 2.37. The second kappa shape index (κ2) is 11.5. The van der Waals surface area contributed by atoms with E-state index >= 15 is 0 Å². The van der Waals surface area contributed by atoms with Crippen molar-refractivity contribution < 1.29 is 15.5 Å². The van der Waals surface area contributed by atoms with Crippen LogP contribution in [0.3, 0.4) is 0 Å². The van der Waals surface area contributed by atoms with E-state index in [0.29, 0.717) is 11.1 Å². The van der Waals surface area contributed by atoms with Crippen molar-refractivity contribution in [1.29, 1.82) is 5.26 Å². The Labute approximate surface area is 209 Å². The number of nitrogens with zero attached hydrogens (tertiary/aromatic N) is 5. The molecule has 0 amide bonds. The number of hydrogen-bond acceptors (Lipinski definition) is 7. The average Bonchev–Trinajstić information content (AvgIpc) is 2.86. The van der Waals surface area contributed by atoms with Gasteiger partial charge in [0.25, 0.3) is 0 Å². The third-order valence-electron chi connectivity index (χ3n) is 5.87. The van der Waals surface area contributed by atoms with E-state index in [9.17, 15) is 15.5 Å². The van der Waals surface area contributed by atoms with Crippen molar-refractivity contribution in [3.63, 3.8) is 0 Å². The van der Waals surface area contributed by atoms with Gasteiger partial charge in [-0.3, -0.25) is 0 Å². The van der Waals surface area contributed by atoms with Gasteiger partial charge < -0.3 is 20.0 Å². The lowest BCUT2D eigenvalue weighted by Crippen LogP contribution is -2.32. The normalized spacial score (nSPS) is 16.1. The molecule has 1 aliphatic heterocycles. The zero-order valence-electron chi connectivity index (χ0n) is 20.4. The molecule has 180 valence electrons. The summed E-state index contributed by atoms with van der Waals surface area (Å²) in [5.41, 5.74) is 2.39. The number of anilines is 2. The van der Waals surface area contributed by atoms with Gasteiger partial charge in [-0.25, -0.2) is 9.98 Å². The summed E-state index contributed by atoms with van der Waals surface area (Å²) in [4.78, 5) is 13.3. The molecule has 0 bridgehead atoms. The maximum Gasteiger partial charge on any atom is 0.332 e. The van der Waals surface area contributed by atoms with Crippen LogP contribution in [-0.4, -0.2) is 56.2 Å². The lowest BCUT2D eigenvalue weighted by Gasteiger charge is -2.29. The predicted molar refractivity (Wildman–Crippen MR) is 140 cm³/mol. The van der Waals surface area contributed by atoms with E-state index in [2.05, 4.69) is 32.1 Å². The molecule has 3 rings (SSSR count). The number of allylic oxidation sites excluding steroid dienone is 2. The number of phenolic OH excluding ortho intramolecular Hbond substituents is 1. The number of aromatic hydroxyl groups is 1. The van der Waals surface area contributed by atoms with Crippen molar-refractivity contribution in [3.05, 3.63) is 52.9 Å². The van der Waals surface area contributed by atoms with Gasteiger partial charge in [0.15, 0.2) is 10.6 Å². The van der Waals surface area contributed by atoms with Gasteiger partial charge in [-0.15, -0.1) is 0 Å². The summed E-state index contributed by atoms with van der Waals surface area (Å²) in [6.45, 7) is 6.61. The molecule has 2 aromatic carbocycles. The molecule has 1 heterocycles. The van der Waals surface area contributed by atoms with Crippen LogP contribution in [0.4, 0.5) is 11.4 Å². The molecule has 0 saturated carbocycles. The average molecular weight is 490 g/mol. The Morgan fingerprint density at radius 3 is 2.49 bits per heavy atom. The molecule has 1 unspecified atom stereocenters. The Morgan fingerprint density at radius 1 is 1.20 bits per heavy atom. The van der Waals surface area contributed by atoms with E-state index in [4.69, 9.17) is 5.26 Å². The third kappa shape index (κ3) is 5.59. The lowest BCUT2D eigenvalue weighted by molar-refractivity contribution is -0.272. The Morgan fingerprint density at radius 2 is 1.86 bits per heavy atom. The molecule has 1 atom stereocenters. The van der Waals surface area contributed by atoms with Crippen LogP contribution in [0.15, 0.2) is 56.6 Å². The van der Waals surface area contributed by atoms with Crippen molar-refractivity contribution >= 4 is 34.7 Å². The molecule has 1 aliphatic rings. The quantitative estimate of drug-likeness (QED) is 0.346. The number of benzene rings is 2. The predicted octanol–water partition coefficient (Wildman–Crippen LogP) is 1.41. The van der Waals surface area contributed by atoms with E-state index in [0.717, 1.165) is 41.7 Å². The number of nitrogens with one attached hydrogen (secondary N) is 1. The van der Waals surface area contributed by atoms with Gasteiger partial charge in [0.05, 0.1) is 12.2 Å². The number of aliphatic imine (C=N–C) groups is 2. The largest absolute Gasteiger partial charge is 0.869 e. The molecule has 2 N–H and O–H groups in total. The highest BCUT2D eigenvalue weighted by atomic mass is 32.2. The zero-order chi connectivity index (χ0) is 25.5. The molecule has 2 aromatic rings. The van der Waals surface area contributed by atoms with E-state index in [1.54, 1.807) is 18.2 Å². The lowest BCUT2D eigenvalue weighted by atomic mass is 10.1. The van der Waals surface area contributed by atoms with Crippen LogP contribution in [0.25, 0.3) is 0 Å². The fourth-order valence-electron chi connectivity index (χ4n) is 3.79. The molecular weight excluding hydrogens is 460 g/mol. The van der Waals surface area contributed by atoms with Crippen molar-refractivity contribution in [3.8, 4) is 23.6 Å². The van der Waals surface area contributed by atoms with E-state index < -0.39 is 0 Å². The summed E-state index contributed by atoms with van der Waals surface area (Å²) in [5, 5.41) is 40.6. The SMILES string of the molecule is CCN(CC)c1ccc(C=N/C(C#[NH+])=C(\C#N)N=Cc2ccc3c(c2[O-])[S+](C)CCN3C)c(O)c1. The van der Waals surface area contributed by atoms with Crippen LogP contribution in [0.2, 0.25) is 0 Å². The van der Waals surface area contributed by atoms with Crippen LogP contribution >= 0.6 is 0 Å². The Hall–Kier alpha value is -3.95. The van der Waals surface area contributed by atoms with Crippen molar-refractivity contribution in [2.24, 2.45) is 9.98 Å². The summed E-state index contributed by atoms with van der Waals surface area (Å²) in [6, 6.07) is 12.9. The fourth-order valence-corrected chi connectivity index (χ4v) is 5.56. The van der Waals surface area contributed by atoms with Crippen molar-refractivity contribution in [2.45, 2.75) is 18.7 Å². The molecule has 0 spiro atoms. The van der Waals surface area contributed by atoms with Gasteiger partial charge in [0, 0.05) is 60.8 Å². The van der Waals surface area contributed by atoms with Gasteiger partial charge in [-0.2, -0.15) is 5.26 Å². The van der Waals surface area contributed by atoms with Gasteiger partial charge in [-0.05, 0) is 43.4 Å². The number of rotatable bonds is 7. The monoisotopic (exact) mass is 489 g/mol. The molecular formula is C26H29N6O2S+. The molecule has 9 heteroatoms. The Balaban J connectivity index is 1.90. The molecule has 0 radical (unpaired) electrons. The number of fused-ring (bicyclic) bond motifs is 1. The highest BCUT2D eigenvalue weighted by molar-refractivity contribution is 7.96. The summed E-state index contributed by atoms with van der Waals surface area (Å²) in [6.07, 6.45) is 4.77. The third-order valence-corrected chi connectivity index (χ3v) is 7.76. The molecule has 0 aliphatic carbocycles. The van der Waals surface area contributed by atoms with Gasteiger partial charge >= 0.3 is 6.07 Å². The highest BCUT2D eigenvalue weighted by Gasteiger charge is 2.29. The first kappa shape index (κ1) is 25.7. The van der Waals surface area contributed by atoms with Crippen LogP contribution in [0, 0.1) is 17.4 Å². The first-order chi connectivity index (χ1) is 16.8. The first-order valence-corrected chi connectivity index (χ1v) is 13.1. The van der Waals surface area contributed by atoms with Crippen LogP contribution < -0.4 is 20.2 Å². The molecule has 0 fully saturated rings. The maximum absolute atomic E-state index is 13.1. The van der Waals surface area contributed by atoms with Gasteiger partial charge in [0.1, 0.15) is 23.8 Å². The Kier molecular flexibility index (Phi) is 8.40. The molecule has 8 nitrogen and oxygen atoms in total. The minimum absolute atomic E-state index is 0.0365. The topological polar surface area (TPSA) is 122 Å². The van der Waals surface area contributed by atoms with Gasteiger partial charge in [0.2, 0.25) is 5.70 Å². The summed E-state index contributed by atoms with van der Waals surface area (Å²) in [5.74, 6) is 0.866. The molecule has 0 saturated heterocycles. The standard InChI is InChI=1S/C26H28N6O2S/c1-5-32(6-2)20-9-7-18(24(33)13-20)16-29-21(14-27)22(15-28)30-17-19-8-10-23-26(25(19)34)35(4)12-11-31(23)3/h7-10,13,16-17H,5-6,11-12H2,1-4H3,(H-,29,30,33,34)/p+1/b22-21+. The summed E-state index contributed by atoms with van der Waals surface area (Å²) >= 11 is 0. The van der Waals surface area contributed by atoms with E-state index in [1.807, 2.05) is 39.1 Å². The molecule has 35 heavy (non-hydrogen) atoms. The Bertz CT molecular complexity index is 1270. The first-order valence-electron chi connectivity index (χ1n) is 11.2. The zero-order valence-corrected chi connectivity index (χ0v) is 21.2. The summed E-state index contributed by atoms with van der Waals surface area (Å²) < 4.78 is 0. The minimum Gasteiger partial charge on any atom is -0.869 e. The maximum atomic E-state index is 13.1. The van der Waals surface area contributed by atoms with Crippen LogP contribution in [0.1, 0.15) is 25.0 Å². The van der Waals surface area contributed by atoms with Crippen LogP contribution in [0.5, 0.6) is 11.5 Å². The van der Waals surface area contributed by atoms with Crippen LogP contribution in [-0.2, 0) is 10.9 Å². The number of hydrogen-bond donors (Lipinski definition) is 2. The molecule has 0 aromatic heterocycles. The van der Waals surface area contributed by atoms with Crippen molar-refractivity contribution in [2.75, 3.05) is 48.5 Å². The summed E-state index contributed by atoms with van der Waals surface area (Å²) in [7, 11) is 1.82. The number of phenols is 1. The number of nitriles is 1. The van der Waals surface area contributed by atoms with E-state index in [1.165, 1.54) is 12.4 Å². The van der Waals surface area contributed by atoms with Crippen molar-refractivity contribution in [1.82, 2.24) is 0 Å². The minimum atomic E-state index is -0.153.